The fraction of sp³-hybridized carbons (Fsp3) is 0.348. The van der Waals surface area contributed by atoms with Crippen molar-refractivity contribution in [3.63, 3.8) is 0 Å². The number of ether oxygens (including phenoxy) is 1. The van der Waals surface area contributed by atoms with Gasteiger partial charge in [-0.3, -0.25) is 9.59 Å². The largest absolute Gasteiger partial charge is 0.378 e. The zero-order valence-corrected chi connectivity index (χ0v) is 16.6. The van der Waals surface area contributed by atoms with Gasteiger partial charge in [0, 0.05) is 36.3 Å². The minimum Gasteiger partial charge on any atom is -0.378 e. The molecule has 152 valence electrons. The van der Waals surface area contributed by atoms with Crippen LogP contribution in [0.15, 0.2) is 36.4 Å². The van der Waals surface area contributed by atoms with E-state index in [0.717, 1.165) is 29.8 Å². The van der Waals surface area contributed by atoms with E-state index in [1.807, 2.05) is 37.4 Å². The molecule has 2 aliphatic heterocycles. The first-order chi connectivity index (χ1) is 14.4. The number of nitrogens with zero attached hydrogens (tertiary/aromatic N) is 2. The summed E-state index contributed by atoms with van der Waals surface area (Å²) in [5.74, 6) is 6.31. The number of aromatic nitrogens is 1. The number of nitrogens with two attached hydrogens (primary N) is 1. The Labute approximate surface area is 174 Å². The second-order valence-corrected chi connectivity index (χ2v) is 8.26. The van der Waals surface area contributed by atoms with Crippen LogP contribution in [0.4, 0.5) is 5.69 Å². The normalized spacial score (nSPS) is 24.5. The molecule has 1 aromatic heterocycles. The highest BCUT2D eigenvalue weighted by Crippen LogP contribution is 2.57. The molecule has 1 aliphatic carbocycles. The molecule has 0 spiro atoms. The summed E-state index contributed by atoms with van der Waals surface area (Å²) in [4.78, 5) is 30.3. The van der Waals surface area contributed by atoms with Crippen molar-refractivity contribution in [3.8, 4) is 23.1 Å². The molecule has 1 aromatic carbocycles. The van der Waals surface area contributed by atoms with Gasteiger partial charge in [-0.15, -0.1) is 0 Å². The molecule has 2 atom stereocenters. The molecule has 30 heavy (non-hydrogen) atoms. The Morgan fingerprint density at radius 3 is 2.83 bits per heavy atom. The monoisotopic (exact) mass is 402 g/mol. The molecule has 1 saturated carbocycles. The number of pyridine rings is 1. The van der Waals surface area contributed by atoms with Gasteiger partial charge >= 0.3 is 0 Å². The molecule has 3 heterocycles. The fourth-order valence-electron chi connectivity index (χ4n) is 4.16. The van der Waals surface area contributed by atoms with Crippen LogP contribution in [0, 0.1) is 23.2 Å². The standard InChI is InChI=1S/C23H22N4O3/c1-27-11-16-10-23(16,22(27)29)6-5-14-3-2-4-15(7-14)19-8-17(25-18-12-30-13-18)9-20(26-19)21(24)28/h2-4,7-9,16,18H,10-13H2,1H3,(H2,24,28)(H,25,26)/t16?,23-/m0/s1. The van der Waals surface area contributed by atoms with Crippen LogP contribution in [-0.4, -0.2) is 54.5 Å². The fourth-order valence-corrected chi connectivity index (χ4v) is 4.16. The van der Waals surface area contributed by atoms with Gasteiger partial charge in [0.05, 0.1) is 24.9 Å². The van der Waals surface area contributed by atoms with E-state index >= 15 is 0 Å². The lowest BCUT2D eigenvalue weighted by Gasteiger charge is -2.28. The maximum absolute atomic E-state index is 12.4. The number of rotatable bonds is 4. The highest BCUT2D eigenvalue weighted by Gasteiger charge is 2.65. The van der Waals surface area contributed by atoms with Crippen LogP contribution in [0.5, 0.6) is 0 Å². The van der Waals surface area contributed by atoms with E-state index in [-0.39, 0.29) is 17.6 Å². The van der Waals surface area contributed by atoms with Crippen molar-refractivity contribution in [1.29, 1.82) is 0 Å². The van der Waals surface area contributed by atoms with Crippen LogP contribution in [0.1, 0.15) is 22.5 Å². The molecular formula is C23H22N4O3. The summed E-state index contributed by atoms with van der Waals surface area (Å²) >= 11 is 0. The quantitative estimate of drug-likeness (QED) is 0.755. The van der Waals surface area contributed by atoms with Crippen molar-refractivity contribution in [2.24, 2.45) is 17.1 Å². The number of hydrogen-bond donors (Lipinski definition) is 2. The van der Waals surface area contributed by atoms with Gasteiger partial charge in [-0.25, -0.2) is 4.98 Å². The molecule has 2 saturated heterocycles. The van der Waals surface area contributed by atoms with Gasteiger partial charge in [0.1, 0.15) is 11.1 Å². The molecule has 2 amide bonds. The second kappa shape index (κ2) is 6.85. The average molecular weight is 402 g/mol. The number of carbonyl (C=O) groups is 2. The average Bonchev–Trinajstić information content (AvgIpc) is 3.36. The maximum Gasteiger partial charge on any atom is 0.267 e. The van der Waals surface area contributed by atoms with Crippen molar-refractivity contribution < 1.29 is 14.3 Å². The molecule has 7 heteroatoms. The topological polar surface area (TPSA) is 97.6 Å². The van der Waals surface area contributed by atoms with Crippen LogP contribution >= 0.6 is 0 Å². The first kappa shape index (κ1) is 18.6. The summed E-state index contributed by atoms with van der Waals surface area (Å²) in [6, 6.07) is 11.4. The first-order valence-electron chi connectivity index (χ1n) is 10.00. The van der Waals surface area contributed by atoms with Gasteiger partial charge in [-0.05, 0) is 30.7 Å². The molecule has 3 aliphatic rings. The lowest BCUT2D eigenvalue weighted by atomic mass is 10.0. The molecule has 0 radical (unpaired) electrons. The molecular weight excluding hydrogens is 380 g/mol. The Morgan fingerprint density at radius 2 is 2.17 bits per heavy atom. The number of primary amides is 1. The van der Waals surface area contributed by atoms with Crippen LogP contribution in [0.25, 0.3) is 11.3 Å². The predicted molar refractivity (Wildman–Crippen MR) is 111 cm³/mol. The van der Waals surface area contributed by atoms with Crippen molar-refractivity contribution in [1.82, 2.24) is 9.88 Å². The van der Waals surface area contributed by atoms with Crippen molar-refractivity contribution >= 4 is 17.5 Å². The number of fused-ring (bicyclic) bond motifs is 1. The lowest BCUT2D eigenvalue weighted by Crippen LogP contribution is -2.40. The minimum atomic E-state index is -0.580. The van der Waals surface area contributed by atoms with Gasteiger partial charge < -0.3 is 20.7 Å². The van der Waals surface area contributed by atoms with Crippen LogP contribution in [-0.2, 0) is 9.53 Å². The Morgan fingerprint density at radius 1 is 1.33 bits per heavy atom. The summed E-state index contributed by atoms with van der Waals surface area (Å²) < 4.78 is 5.20. The number of carbonyl (C=O) groups excluding carboxylic acids is 2. The Kier molecular flexibility index (Phi) is 4.26. The van der Waals surface area contributed by atoms with E-state index in [9.17, 15) is 9.59 Å². The Balaban J connectivity index is 1.45. The highest BCUT2D eigenvalue weighted by atomic mass is 16.5. The number of piperidine rings is 1. The summed E-state index contributed by atoms with van der Waals surface area (Å²) in [7, 11) is 1.83. The second-order valence-electron chi connectivity index (χ2n) is 8.26. The van der Waals surface area contributed by atoms with E-state index < -0.39 is 11.3 Å². The molecule has 7 nitrogen and oxygen atoms in total. The minimum absolute atomic E-state index is 0.127. The third kappa shape index (κ3) is 3.19. The van der Waals surface area contributed by atoms with Crippen LogP contribution < -0.4 is 11.1 Å². The van der Waals surface area contributed by atoms with E-state index in [4.69, 9.17) is 10.5 Å². The van der Waals surface area contributed by atoms with Gasteiger partial charge in [-0.1, -0.05) is 24.0 Å². The zero-order chi connectivity index (χ0) is 20.9. The third-order valence-electron chi connectivity index (χ3n) is 6.00. The number of nitrogens with one attached hydrogen (secondary N) is 1. The molecule has 5 rings (SSSR count). The molecule has 3 fully saturated rings. The summed E-state index contributed by atoms with van der Waals surface area (Å²) in [6.45, 7) is 2.05. The molecule has 2 aromatic rings. The molecule has 1 unspecified atom stereocenters. The third-order valence-corrected chi connectivity index (χ3v) is 6.00. The van der Waals surface area contributed by atoms with E-state index in [1.165, 1.54) is 0 Å². The van der Waals surface area contributed by atoms with Gasteiger partial charge in [0.2, 0.25) is 5.91 Å². The summed E-state index contributed by atoms with van der Waals surface area (Å²) in [5.41, 5.74) is 8.25. The number of anilines is 1. The van der Waals surface area contributed by atoms with Crippen molar-refractivity contribution in [2.75, 3.05) is 32.1 Å². The van der Waals surface area contributed by atoms with E-state index in [0.29, 0.717) is 24.8 Å². The van der Waals surface area contributed by atoms with Crippen molar-refractivity contribution in [2.45, 2.75) is 12.5 Å². The number of amides is 2. The van der Waals surface area contributed by atoms with E-state index in [1.54, 1.807) is 11.0 Å². The number of likely N-dealkylation sites (tertiary alicyclic amines) is 1. The predicted octanol–water partition coefficient (Wildman–Crippen LogP) is 1.49. The van der Waals surface area contributed by atoms with Gasteiger partial charge in [0.25, 0.3) is 5.91 Å². The molecule has 0 bridgehead atoms. The smallest absolute Gasteiger partial charge is 0.267 e. The lowest BCUT2D eigenvalue weighted by molar-refractivity contribution is -0.130. The van der Waals surface area contributed by atoms with Gasteiger partial charge in [-0.2, -0.15) is 0 Å². The van der Waals surface area contributed by atoms with E-state index in [2.05, 4.69) is 22.1 Å². The van der Waals surface area contributed by atoms with Crippen LogP contribution in [0.3, 0.4) is 0 Å². The zero-order valence-electron chi connectivity index (χ0n) is 16.6. The summed E-state index contributed by atoms with van der Waals surface area (Å²) in [5, 5.41) is 3.34. The first-order valence-corrected chi connectivity index (χ1v) is 10.00. The van der Waals surface area contributed by atoms with Crippen molar-refractivity contribution in [3.05, 3.63) is 47.7 Å². The van der Waals surface area contributed by atoms with Crippen LogP contribution in [0.2, 0.25) is 0 Å². The number of hydrogen-bond acceptors (Lipinski definition) is 5. The molecule has 3 N–H and O–H groups in total. The Hall–Kier alpha value is -3.37. The Bertz CT molecular complexity index is 1110. The SMILES string of the molecule is CN1CC2C[C@]2(C#Cc2cccc(-c3cc(NC4COC4)cc(C(N)=O)n3)c2)C1=O. The highest BCUT2D eigenvalue weighted by molar-refractivity contribution is 5.93. The number of benzene rings is 1. The van der Waals surface area contributed by atoms with Gasteiger partial charge in [0.15, 0.2) is 0 Å². The summed E-state index contributed by atoms with van der Waals surface area (Å²) in [6.07, 6.45) is 0.852. The maximum atomic E-state index is 12.4.